The van der Waals surface area contributed by atoms with Gasteiger partial charge in [-0.05, 0) is 18.4 Å². The third kappa shape index (κ3) is 5.47. The average Bonchev–Trinajstić information content (AvgIpc) is 2.51. The number of carbonyl (C=O) groups excluding carboxylic acids is 2. The van der Waals surface area contributed by atoms with Crippen LogP contribution in [-0.2, 0) is 20.9 Å². The zero-order valence-electron chi connectivity index (χ0n) is 13.0. The van der Waals surface area contributed by atoms with Gasteiger partial charge in [-0.2, -0.15) is 0 Å². The molecule has 0 saturated carbocycles. The predicted molar refractivity (Wildman–Crippen MR) is 80.9 cm³/mol. The maximum atomic E-state index is 11.8. The van der Waals surface area contributed by atoms with Crippen LogP contribution in [0.5, 0.6) is 0 Å². The summed E-state index contributed by atoms with van der Waals surface area (Å²) in [6, 6.07) is 9.18. The Kier molecular flexibility index (Phi) is 6.95. The fraction of sp³-hybridized carbons (Fsp3) is 0.375. The van der Waals surface area contributed by atoms with E-state index in [4.69, 9.17) is 9.47 Å². The SMILES string of the molecule is CCOC(=O)/C(O)=C(\NC(=O)OCc1ccccc1)C(C)C. The van der Waals surface area contributed by atoms with Gasteiger partial charge in [0.15, 0.2) is 0 Å². The summed E-state index contributed by atoms with van der Waals surface area (Å²) in [5.74, 6) is -1.78. The minimum atomic E-state index is -0.880. The zero-order valence-corrected chi connectivity index (χ0v) is 13.0. The third-order valence-electron chi connectivity index (χ3n) is 2.75. The standard InChI is InChI=1S/C16H21NO5/c1-4-21-15(19)14(18)13(11(2)3)17-16(20)22-10-12-8-6-5-7-9-12/h5-9,11,18H,4,10H2,1-3H3,(H,17,20)/b14-13+. The maximum absolute atomic E-state index is 11.8. The fourth-order valence-corrected chi connectivity index (χ4v) is 1.66. The molecule has 0 heterocycles. The molecule has 120 valence electrons. The Morgan fingerprint density at radius 2 is 1.82 bits per heavy atom. The number of hydrogen-bond acceptors (Lipinski definition) is 5. The van der Waals surface area contributed by atoms with E-state index in [0.717, 1.165) is 5.56 Å². The van der Waals surface area contributed by atoms with Crippen molar-refractivity contribution in [1.29, 1.82) is 0 Å². The highest BCUT2D eigenvalue weighted by Crippen LogP contribution is 2.12. The van der Waals surface area contributed by atoms with Gasteiger partial charge in [0.05, 0.1) is 12.3 Å². The highest BCUT2D eigenvalue weighted by Gasteiger charge is 2.20. The number of alkyl carbamates (subject to hydrolysis) is 1. The van der Waals surface area contributed by atoms with E-state index in [9.17, 15) is 14.7 Å². The highest BCUT2D eigenvalue weighted by molar-refractivity contribution is 5.87. The molecule has 6 nitrogen and oxygen atoms in total. The lowest BCUT2D eigenvalue weighted by molar-refractivity contribution is -0.141. The number of hydrogen-bond donors (Lipinski definition) is 2. The molecule has 0 spiro atoms. The van der Waals surface area contributed by atoms with Gasteiger partial charge in [-0.1, -0.05) is 44.2 Å². The lowest BCUT2D eigenvalue weighted by Gasteiger charge is -2.15. The van der Waals surface area contributed by atoms with E-state index in [1.54, 1.807) is 20.8 Å². The Hall–Kier alpha value is -2.50. The molecular formula is C16H21NO5. The molecule has 0 unspecified atom stereocenters. The van der Waals surface area contributed by atoms with Crippen molar-refractivity contribution >= 4 is 12.1 Å². The second-order valence-corrected chi connectivity index (χ2v) is 4.82. The molecule has 0 aliphatic heterocycles. The summed E-state index contributed by atoms with van der Waals surface area (Å²) in [5, 5.41) is 12.2. The molecule has 1 rings (SSSR count). The van der Waals surface area contributed by atoms with Crippen molar-refractivity contribution < 1.29 is 24.2 Å². The van der Waals surface area contributed by atoms with Gasteiger partial charge < -0.3 is 14.6 Å². The summed E-state index contributed by atoms with van der Waals surface area (Å²) in [7, 11) is 0. The van der Waals surface area contributed by atoms with E-state index < -0.39 is 17.8 Å². The quantitative estimate of drug-likeness (QED) is 0.479. The number of amides is 1. The van der Waals surface area contributed by atoms with Crippen molar-refractivity contribution in [2.75, 3.05) is 6.61 Å². The first-order valence-electron chi connectivity index (χ1n) is 7.03. The smallest absolute Gasteiger partial charge is 0.411 e. The number of ether oxygens (including phenoxy) is 2. The van der Waals surface area contributed by atoms with Crippen LogP contribution < -0.4 is 5.32 Å². The largest absolute Gasteiger partial charge is 0.501 e. The van der Waals surface area contributed by atoms with Crippen molar-refractivity contribution in [2.24, 2.45) is 5.92 Å². The minimum absolute atomic E-state index is 0.0662. The summed E-state index contributed by atoms with van der Waals surface area (Å²) < 4.78 is 9.76. The second kappa shape index (κ2) is 8.71. The van der Waals surface area contributed by atoms with E-state index in [-0.39, 0.29) is 24.8 Å². The topological polar surface area (TPSA) is 84.9 Å². The fourth-order valence-electron chi connectivity index (χ4n) is 1.66. The summed E-state index contributed by atoms with van der Waals surface area (Å²) in [6.07, 6.45) is -0.747. The van der Waals surface area contributed by atoms with Crippen LogP contribution in [0, 0.1) is 5.92 Å². The van der Waals surface area contributed by atoms with Crippen LogP contribution in [0.25, 0.3) is 0 Å². The number of rotatable bonds is 6. The van der Waals surface area contributed by atoms with Crippen molar-refractivity contribution in [3.63, 3.8) is 0 Å². The molecule has 0 bridgehead atoms. The lowest BCUT2D eigenvalue weighted by Crippen LogP contribution is -2.29. The maximum Gasteiger partial charge on any atom is 0.411 e. The summed E-state index contributed by atoms with van der Waals surface area (Å²) in [4.78, 5) is 23.3. The number of benzene rings is 1. The van der Waals surface area contributed by atoms with E-state index in [2.05, 4.69) is 5.32 Å². The number of aliphatic hydroxyl groups is 1. The first kappa shape index (κ1) is 17.6. The molecule has 2 N–H and O–H groups in total. The van der Waals surface area contributed by atoms with Crippen LogP contribution >= 0.6 is 0 Å². The van der Waals surface area contributed by atoms with Gasteiger partial charge in [0, 0.05) is 0 Å². The van der Waals surface area contributed by atoms with Crippen molar-refractivity contribution in [1.82, 2.24) is 5.32 Å². The molecule has 0 atom stereocenters. The van der Waals surface area contributed by atoms with E-state index in [1.165, 1.54) is 0 Å². The van der Waals surface area contributed by atoms with E-state index >= 15 is 0 Å². The first-order chi connectivity index (χ1) is 10.5. The average molecular weight is 307 g/mol. The van der Waals surface area contributed by atoms with Gasteiger partial charge in [0.1, 0.15) is 6.61 Å². The number of esters is 1. The number of aliphatic hydroxyl groups excluding tert-OH is 1. The Morgan fingerprint density at radius 1 is 1.18 bits per heavy atom. The van der Waals surface area contributed by atoms with Crippen LogP contribution in [0.2, 0.25) is 0 Å². The Morgan fingerprint density at radius 3 is 2.36 bits per heavy atom. The van der Waals surface area contributed by atoms with Crippen LogP contribution in [-0.4, -0.2) is 23.8 Å². The van der Waals surface area contributed by atoms with Gasteiger partial charge in [0.2, 0.25) is 5.76 Å². The predicted octanol–water partition coefficient (Wildman–Crippen LogP) is 2.90. The summed E-state index contributed by atoms with van der Waals surface area (Å²) in [5.41, 5.74) is 0.902. The highest BCUT2D eigenvalue weighted by atomic mass is 16.6. The van der Waals surface area contributed by atoms with E-state index in [1.807, 2.05) is 30.3 Å². The van der Waals surface area contributed by atoms with Gasteiger partial charge in [0.25, 0.3) is 0 Å². The third-order valence-corrected chi connectivity index (χ3v) is 2.75. The van der Waals surface area contributed by atoms with Crippen LogP contribution in [0.1, 0.15) is 26.3 Å². The van der Waals surface area contributed by atoms with Gasteiger partial charge in [-0.15, -0.1) is 0 Å². The van der Waals surface area contributed by atoms with Crippen molar-refractivity contribution in [2.45, 2.75) is 27.4 Å². The Bertz CT molecular complexity index is 537. The number of carbonyl (C=O) groups is 2. The lowest BCUT2D eigenvalue weighted by atomic mass is 10.1. The molecule has 0 aromatic heterocycles. The second-order valence-electron chi connectivity index (χ2n) is 4.82. The van der Waals surface area contributed by atoms with E-state index in [0.29, 0.717) is 0 Å². The first-order valence-corrected chi connectivity index (χ1v) is 7.03. The molecular weight excluding hydrogens is 286 g/mol. The summed E-state index contributed by atoms with van der Waals surface area (Å²) in [6.45, 7) is 5.30. The van der Waals surface area contributed by atoms with Gasteiger partial charge >= 0.3 is 12.1 Å². The zero-order chi connectivity index (χ0) is 16.5. The molecule has 0 saturated heterocycles. The van der Waals surface area contributed by atoms with Crippen molar-refractivity contribution in [3.05, 3.63) is 47.4 Å². The Balaban J connectivity index is 2.68. The number of nitrogens with one attached hydrogen (secondary N) is 1. The van der Waals surface area contributed by atoms with Crippen LogP contribution in [0.3, 0.4) is 0 Å². The summed E-state index contributed by atoms with van der Waals surface area (Å²) >= 11 is 0. The molecule has 22 heavy (non-hydrogen) atoms. The molecule has 0 aliphatic rings. The molecule has 1 aromatic carbocycles. The molecule has 6 heteroatoms. The molecule has 0 radical (unpaired) electrons. The normalized spacial score (nSPS) is 11.6. The minimum Gasteiger partial charge on any atom is -0.501 e. The molecule has 0 aliphatic carbocycles. The molecule has 1 aromatic rings. The molecule has 0 fully saturated rings. The van der Waals surface area contributed by atoms with Crippen LogP contribution in [0.4, 0.5) is 4.79 Å². The van der Waals surface area contributed by atoms with Crippen molar-refractivity contribution in [3.8, 4) is 0 Å². The molecule has 1 amide bonds. The van der Waals surface area contributed by atoms with Gasteiger partial charge in [-0.3, -0.25) is 5.32 Å². The van der Waals surface area contributed by atoms with Gasteiger partial charge in [-0.25, -0.2) is 9.59 Å². The monoisotopic (exact) mass is 307 g/mol. The van der Waals surface area contributed by atoms with Crippen LogP contribution in [0.15, 0.2) is 41.8 Å². The number of allylic oxidation sites excluding steroid dienone is 1. The Labute approximate surface area is 129 Å².